The zero-order valence-electron chi connectivity index (χ0n) is 13.6. The van der Waals surface area contributed by atoms with Crippen LogP contribution in [0.25, 0.3) is 0 Å². The second kappa shape index (κ2) is 6.32. The number of anilines is 1. The number of aromatic amines is 2. The highest BCUT2D eigenvalue weighted by Crippen LogP contribution is 2.36. The number of rotatable bonds is 4. The first kappa shape index (κ1) is 15.8. The standard InChI is InChI=1S/C16H20N6O3/c23-11-1-2-22(7-11)14-5-12(18-8-19-14)9-3-10(4-9)20-15(24)13-6-17-16(25)21-13/h5-6,8-11,23H,1-4,7H2,(H,20,24)(H2,17,21,25)/t9?,10?,11-/m1/s1. The average molecular weight is 344 g/mol. The molecule has 0 radical (unpaired) electrons. The number of H-pyrrole nitrogens is 2. The van der Waals surface area contributed by atoms with E-state index in [2.05, 4.69) is 30.2 Å². The van der Waals surface area contributed by atoms with Crippen LogP contribution in [0.15, 0.2) is 23.4 Å². The summed E-state index contributed by atoms with van der Waals surface area (Å²) in [6.07, 6.45) is 5.01. The molecule has 1 saturated carbocycles. The number of nitrogens with one attached hydrogen (secondary N) is 3. The van der Waals surface area contributed by atoms with Gasteiger partial charge in [0, 0.05) is 43.0 Å². The number of carbonyl (C=O) groups is 1. The maximum Gasteiger partial charge on any atom is 0.323 e. The highest BCUT2D eigenvalue weighted by molar-refractivity contribution is 5.92. The summed E-state index contributed by atoms with van der Waals surface area (Å²) in [6.45, 7) is 1.41. The van der Waals surface area contributed by atoms with E-state index in [1.54, 1.807) is 6.33 Å². The molecule has 1 amide bonds. The highest BCUT2D eigenvalue weighted by Gasteiger charge is 2.33. The Bertz CT molecular complexity index is 825. The Kier molecular flexibility index (Phi) is 4.00. The SMILES string of the molecule is O=C(NC1CC(c2cc(N3CC[C@@H](O)C3)ncn2)C1)c1c[nH]c(=O)[nH]1. The van der Waals surface area contributed by atoms with Crippen molar-refractivity contribution in [2.24, 2.45) is 0 Å². The van der Waals surface area contributed by atoms with Crippen molar-refractivity contribution < 1.29 is 9.90 Å². The molecule has 132 valence electrons. The Morgan fingerprint density at radius 1 is 1.36 bits per heavy atom. The fraction of sp³-hybridized carbons (Fsp3) is 0.500. The second-order valence-electron chi connectivity index (χ2n) is 6.68. The molecule has 2 aliphatic rings. The van der Waals surface area contributed by atoms with Crippen molar-refractivity contribution in [1.29, 1.82) is 0 Å². The number of aromatic nitrogens is 4. The number of aliphatic hydroxyl groups is 1. The maximum atomic E-state index is 12.0. The van der Waals surface area contributed by atoms with Crippen LogP contribution in [0.5, 0.6) is 0 Å². The number of hydrogen-bond donors (Lipinski definition) is 4. The number of amides is 1. The zero-order valence-corrected chi connectivity index (χ0v) is 13.6. The lowest BCUT2D eigenvalue weighted by Gasteiger charge is -2.35. The second-order valence-corrected chi connectivity index (χ2v) is 6.68. The van der Waals surface area contributed by atoms with E-state index in [1.165, 1.54) is 6.20 Å². The lowest BCUT2D eigenvalue weighted by atomic mass is 9.78. The first-order chi connectivity index (χ1) is 12.1. The van der Waals surface area contributed by atoms with Gasteiger partial charge in [0.05, 0.1) is 6.10 Å². The summed E-state index contributed by atoms with van der Waals surface area (Å²) in [5.74, 6) is 0.847. The van der Waals surface area contributed by atoms with E-state index in [-0.39, 0.29) is 29.7 Å². The Morgan fingerprint density at radius 2 is 2.20 bits per heavy atom. The van der Waals surface area contributed by atoms with Gasteiger partial charge in [0.15, 0.2) is 0 Å². The zero-order chi connectivity index (χ0) is 17.4. The molecule has 0 aromatic carbocycles. The first-order valence-corrected chi connectivity index (χ1v) is 8.42. The van der Waals surface area contributed by atoms with Crippen LogP contribution in [0.3, 0.4) is 0 Å². The monoisotopic (exact) mass is 344 g/mol. The topological polar surface area (TPSA) is 127 Å². The predicted molar refractivity (Wildman–Crippen MR) is 89.5 cm³/mol. The molecule has 9 nitrogen and oxygen atoms in total. The van der Waals surface area contributed by atoms with Crippen LogP contribution in [0, 0.1) is 0 Å². The Morgan fingerprint density at radius 3 is 2.88 bits per heavy atom. The quantitative estimate of drug-likeness (QED) is 0.605. The summed E-state index contributed by atoms with van der Waals surface area (Å²) in [6, 6.07) is 2.05. The van der Waals surface area contributed by atoms with E-state index in [4.69, 9.17) is 0 Å². The molecule has 4 N–H and O–H groups in total. The number of carbonyl (C=O) groups excluding carboxylic acids is 1. The van der Waals surface area contributed by atoms with Crippen molar-refractivity contribution in [1.82, 2.24) is 25.3 Å². The molecular formula is C16H20N6O3. The summed E-state index contributed by atoms with van der Waals surface area (Å²) < 4.78 is 0. The van der Waals surface area contributed by atoms with E-state index in [0.717, 1.165) is 37.3 Å². The Labute approximate surface area is 143 Å². The number of aliphatic hydroxyl groups excluding tert-OH is 1. The minimum atomic E-state index is -0.391. The smallest absolute Gasteiger partial charge is 0.323 e. The molecule has 1 atom stereocenters. The molecule has 25 heavy (non-hydrogen) atoms. The largest absolute Gasteiger partial charge is 0.391 e. The Balaban J connectivity index is 1.34. The molecule has 2 aromatic heterocycles. The molecular weight excluding hydrogens is 324 g/mol. The number of hydrogen-bond acceptors (Lipinski definition) is 6. The van der Waals surface area contributed by atoms with Gasteiger partial charge >= 0.3 is 5.69 Å². The van der Waals surface area contributed by atoms with Crippen LogP contribution >= 0.6 is 0 Å². The van der Waals surface area contributed by atoms with Gasteiger partial charge in [0.1, 0.15) is 17.8 Å². The molecule has 2 fully saturated rings. The number of β-amino-alcohol motifs (C(OH)–C–C–N with tert-alkyl or cyclic N) is 1. The lowest BCUT2D eigenvalue weighted by Crippen LogP contribution is -2.43. The fourth-order valence-electron chi connectivity index (χ4n) is 3.40. The van der Waals surface area contributed by atoms with Crippen molar-refractivity contribution in [3.05, 3.63) is 40.5 Å². The van der Waals surface area contributed by atoms with Crippen LogP contribution < -0.4 is 15.9 Å². The normalized spacial score (nSPS) is 25.6. The lowest BCUT2D eigenvalue weighted by molar-refractivity contribution is 0.0903. The van der Waals surface area contributed by atoms with Crippen molar-refractivity contribution in [3.8, 4) is 0 Å². The van der Waals surface area contributed by atoms with Crippen molar-refractivity contribution >= 4 is 11.7 Å². The van der Waals surface area contributed by atoms with Gasteiger partial charge in [-0.3, -0.25) is 4.79 Å². The van der Waals surface area contributed by atoms with Crippen LogP contribution in [0.1, 0.15) is 41.4 Å². The molecule has 1 aliphatic carbocycles. The van der Waals surface area contributed by atoms with E-state index < -0.39 is 5.69 Å². The van der Waals surface area contributed by atoms with Crippen molar-refractivity contribution in [3.63, 3.8) is 0 Å². The summed E-state index contributed by atoms with van der Waals surface area (Å²) in [5.41, 5.74) is 0.814. The van der Waals surface area contributed by atoms with Crippen LogP contribution in [-0.4, -0.2) is 56.2 Å². The molecule has 3 heterocycles. The highest BCUT2D eigenvalue weighted by atomic mass is 16.3. The van der Waals surface area contributed by atoms with E-state index >= 15 is 0 Å². The molecule has 2 aromatic rings. The molecule has 0 bridgehead atoms. The van der Waals surface area contributed by atoms with Gasteiger partial charge in [0.25, 0.3) is 5.91 Å². The third-order valence-electron chi connectivity index (χ3n) is 4.89. The third-order valence-corrected chi connectivity index (χ3v) is 4.89. The van der Waals surface area contributed by atoms with Crippen molar-refractivity contribution in [2.75, 3.05) is 18.0 Å². The van der Waals surface area contributed by atoms with Gasteiger partial charge < -0.3 is 25.3 Å². The average Bonchev–Trinajstić information content (AvgIpc) is 3.19. The molecule has 1 saturated heterocycles. The summed E-state index contributed by atoms with van der Waals surface area (Å²) >= 11 is 0. The molecule has 4 rings (SSSR count). The van der Waals surface area contributed by atoms with Crippen LogP contribution in [0.4, 0.5) is 5.82 Å². The van der Waals surface area contributed by atoms with Gasteiger partial charge in [-0.1, -0.05) is 0 Å². The number of imidazole rings is 1. The van der Waals surface area contributed by atoms with Gasteiger partial charge in [0.2, 0.25) is 0 Å². The first-order valence-electron chi connectivity index (χ1n) is 8.42. The molecule has 1 aliphatic heterocycles. The van der Waals surface area contributed by atoms with Gasteiger partial charge in [-0.05, 0) is 19.3 Å². The summed E-state index contributed by atoms with van der Waals surface area (Å²) in [7, 11) is 0. The fourth-order valence-corrected chi connectivity index (χ4v) is 3.40. The van der Waals surface area contributed by atoms with E-state index in [1.807, 2.05) is 6.07 Å². The van der Waals surface area contributed by atoms with Gasteiger partial charge in [-0.2, -0.15) is 0 Å². The van der Waals surface area contributed by atoms with E-state index in [9.17, 15) is 14.7 Å². The van der Waals surface area contributed by atoms with Gasteiger partial charge in [-0.25, -0.2) is 14.8 Å². The van der Waals surface area contributed by atoms with Crippen LogP contribution in [0.2, 0.25) is 0 Å². The maximum absolute atomic E-state index is 12.0. The molecule has 9 heteroatoms. The van der Waals surface area contributed by atoms with Crippen molar-refractivity contribution in [2.45, 2.75) is 37.3 Å². The summed E-state index contributed by atoms with van der Waals surface area (Å²) in [4.78, 5) is 38.6. The van der Waals surface area contributed by atoms with E-state index in [0.29, 0.717) is 6.54 Å². The van der Waals surface area contributed by atoms with Gasteiger partial charge in [-0.15, -0.1) is 0 Å². The predicted octanol–water partition coefficient (Wildman–Crippen LogP) is -0.260. The minimum Gasteiger partial charge on any atom is -0.391 e. The summed E-state index contributed by atoms with van der Waals surface area (Å²) in [5, 5.41) is 12.6. The third kappa shape index (κ3) is 3.27. The molecule has 0 unspecified atom stereocenters. The molecule has 0 spiro atoms. The number of nitrogens with zero attached hydrogens (tertiary/aromatic N) is 3. The Hall–Kier alpha value is -2.68. The minimum absolute atomic E-state index is 0.0722. The van der Waals surface area contributed by atoms with Crippen LogP contribution in [-0.2, 0) is 0 Å².